The minimum atomic E-state index is -3.50. The molecule has 9 nitrogen and oxygen atoms in total. The van der Waals surface area contributed by atoms with Crippen LogP contribution in [0.1, 0.15) is 72.3 Å². The van der Waals surface area contributed by atoms with Gasteiger partial charge in [-0.3, -0.25) is 4.68 Å². The predicted octanol–water partition coefficient (Wildman–Crippen LogP) is 5.90. The average Bonchev–Trinajstić information content (AvgIpc) is 3.48. The molecule has 6 rings (SSSR count). The smallest absolute Gasteiger partial charge is 0.317 e. The number of halogens is 2. The Labute approximate surface area is 263 Å². The fourth-order valence-corrected chi connectivity index (χ4v) is 7.99. The first-order valence-corrected chi connectivity index (χ1v) is 17.1. The van der Waals surface area contributed by atoms with Gasteiger partial charge in [0.25, 0.3) is 6.43 Å². The lowest BCUT2D eigenvalue weighted by Gasteiger charge is -2.38. The Bertz CT molecular complexity index is 1720. The number of urea groups is 1. The molecule has 0 atom stereocenters. The minimum Gasteiger partial charge on any atom is -0.341 e. The summed E-state index contributed by atoms with van der Waals surface area (Å²) in [6, 6.07) is 7.72. The number of sulfonamides is 1. The van der Waals surface area contributed by atoms with Gasteiger partial charge in [0.15, 0.2) is 0 Å². The Morgan fingerprint density at radius 3 is 2.51 bits per heavy atom. The van der Waals surface area contributed by atoms with Gasteiger partial charge in [-0.15, -0.1) is 0 Å². The summed E-state index contributed by atoms with van der Waals surface area (Å²) >= 11 is 0. The molecule has 45 heavy (non-hydrogen) atoms. The van der Waals surface area contributed by atoms with Crippen LogP contribution < -0.4 is 14.9 Å². The molecule has 0 unspecified atom stereocenters. The van der Waals surface area contributed by atoms with Crippen molar-refractivity contribution in [2.24, 2.45) is 7.05 Å². The van der Waals surface area contributed by atoms with Crippen molar-refractivity contribution in [1.82, 2.24) is 24.7 Å². The van der Waals surface area contributed by atoms with E-state index in [-0.39, 0.29) is 23.6 Å². The van der Waals surface area contributed by atoms with Gasteiger partial charge in [-0.1, -0.05) is 12.6 Å². The number of fused-ring (bicyclic) bond motifs is 2. The van der Waals surface area contributed by atoms with E-state index in [0.29, 0.717) is 37.2 Å². The van der Waals surface area contributed by atoms with E-state index in [1.807, 2.05) is 6.07 Å². The van der Waals surface area contributed by atoms with Crippen LogP contribution in [0.4, 0.5) is 25.0 Å². The lowest BCUT2D eigenvalue weighted by molar-refractivity contribution is 0.152. The molecule has 1 aliphatic carbocycles. The van der Waals surface area contributed by atoms with Gasteiger partial charge in [0.2, 0.25) is 10.0 Å². The predicted molar refractivity (Wildman–Crippen MR) is 171 cm³/mol. The summed E-state index contributed by atoms with van der Waals surface area (Å²) < 4.78 is 57.6. The zero-order valence-corrected chi connectivity index (χ0v) is 26.5. The van der Waals surface area contributed by atoms with E-state index in [9.17, 15) is 22.0 Å². The van der Waals surface area contributed by atoms with Gasteiger partial charge in [0.05, 0.1) is 6.20 Å². The van der Waals surface area contributed by atoms with Crippen LogP contribution in [0.3, 0.4) is 0 Å². The topological polar surface area (TPSA) is 99.6 Å². The molecule has 0 saturated heterocycles. The van der Waals surface area contributed by atoms with E-state index in [1.54, 1.807) is 42.1 Å². The Balaban J connectivity index is 1.40. The van der Waals surface area contributed by atoms with Crippen LogP contribution in [0.2, 0.25) is 0 Å². The molecular formula is C33H40F2N6O3S. The van der Waals surface area contributed by atoms with Crippen molar-refractivity contribution in [3.63, 3.8) is 0 Å². The van der Waals surface area contributed by atoms with E-state index in [4.69, 9.17) is 0 Å². The molecule has 3 aliphatic rings. The molecular weight excluding hydrogens is 598 g/mol. The maximum atomic E-state index is 14.6. The third-order valence-electron chi connectivity index (χ3n) is 9.50. The van der Waals surface area contributed by atoms with E-state index < -0.39 is 16.4 Å². The Morgan fingerprint density at radius 2 is 1.84 bits per heavy atom. The minimum absolute atomic E-state index is 0.0223. The number of nitrogens with one attached hydrogen (secondary N) is 2. The number of rotatable bonds is 7. The Kier molecular flexibility index (Phi) is 8.71. The van der Waals surface area contributed by atoms with Crippen molar-refractivity contribution in [3.05, 3.63) is 76.5 Å². The summed E-state index contributed by atoms with van der Waals surface area (Å²) in [7, 11) is -0.0963. The normalized spacial score (nSPS) is 20.1. The maximum absolute atomic E-state index is 14.6. The van der Waals surface area contributed by atoms with Crippen LogP contribution in [0.25, 0.3) is 11.1 Å². The molecule has 1 saturated carbocycles. The summed E-state index contributed by atoms with van der Waals surface area (Å²) in [5, 5.41) is 7.90. The monoisotopic (exact) mass is 638 g/mol. The SMILES string of the molecule is C=CS(=O)(=O)NC1CCC(c2cc3c(c(N4CCCc5cc(-c6cnn(C)c6)c(C(F)F)cc54)c2)CN(C(=O)NC)CC3)CC1. The molecule has 3 aromatic rings. The van der Waals surface area contributed by atoms with Crippen molar-refractivity contribution in [3.8, 4) is 11.1 Å². The van der Waals surface area contributed by atoms with Crippen molar-refractivity contribution in [1.29, 1.82) is 0 Å². The molecule has 12 heteroatoms. The van der Waals surface area contributed by atoms with Crippen molar-refractivity contribution in [2.45, 2.75) is 69.9 Å². The van der Waals surface area contributed by atoms with Crippen LogP contribution in [-0.4, -0.2) is 55.3 Å². The second-order valence-electron chi connectivity index (χ2n) is 12.3. The second-order valence-corrected chi connectivity index (χ2v) is 14.0. The summed E-state index contributed by atoms with van der Waals surface area (Å²) in [6.45, 7) is 5.10. The zero-order chi connectivity index (χ0) is 31.9. The molecule has 0 bridgehead atoms. The van der Waals surface area contributed by atoms with Crippen LogP contribution >= 0.6 is 0 Å². The molecule has 3 heterocycles. The summed E-state index contributed by atoms with van der Waals surface area (Å²) in [5.41, 5.74) is 7.29. The molecule has 240 valence electrons. The molecule has 2 N–H and O–H groups in total. The highest BCUT2D eigenvalue weighted by Gasteiger charge is 2.32. The van der Waals surface area contributed by atoms with E-state index in [1.165, 1.54) is 11.1 Å². The van der Waals surface area contributed by atoms with Crippen molar-refractivity contribution < 1.29 is 22.0 Å². The largest absolute Gasteiger partial charge is 0.341 e. The molecule has 2 amide bonds. The first kappa shape index (κ1) is 31.2. The van der Waals surface area contributed by atoms with Gasteiger partial charge in [-0.25, -0.2) is 26.7 Å². The van der Waals surface area contributed by atoms with Gasteiger partial charge < -0.3 is 15.1 Å². The van der Waals surface area contributed by atoms with E-state index >= 15 is 0 Å². The van der Waals surface area contributed by atoms with Crippen molar-refractivity contribution >= 4 is 27.4 Å². The number of hydrogen-bond acceptors (Lipinski definition) is 5. The summed E-state index contributed by atoms with van der Waals surface area (Å²) in [4.78, 5) is 16.7. The first-order valence-electron chi connectivity index (χ1n) is 15.6. The number of carbonyl (C=O) groups is 1. The zero-order valence-electron chi connectivity index (χ0n) is 25.7. The molecule has 2 aliphatic heterocycles. The van der Waals surface area contributed by atoms with Crippen LogP contribution in [0, 0.1) is 0 Å². The highest BCUT2D eigenvalue weighted by atomic mass is 32.2. The molecule has 1 fully saturated rings. The number of nitrogens with zero attached hydrogens (tertiary/aromatic N) is 4. The fraction of sp³-hybridized carbons (Fsp3) is 0.455. The van der Waals surface area contributed by atoms with Gasteiger partial charge in [-0.05, 0) is 96.9 Å². The highest BCUT2D eigenvalue weighted by Crippen LogP contribution is 2.45. The van der Waals surface area contributed by atoms with Crippen LogP contribution in [-0.2, 0) is 36.5 Å². The molecule has 0 spiro atoms. The molecule has 1 aromatic heterocycles. The Morgan fingerprint density at radius 1 is 1.07 bits per heavy atom. The molecule has 2 aromatic carbocycles. The number of aromatic nitrogens is 2. The maximum Gasteiger partial charge on any atom is 0.317 e. The lowest BCUT2D eigenvalue weighted by Crippen LogP contribution is -2.42. The number of hydrogen-bond donors (Lipinski definition) is 2. The van der Waals surface area contributed by atoms with Crippen molar-refractivity contribution in [2.75, 3.05) is 25.0 Å². The Hall–Kier alpha value is -3.77. The number of benzene rings is 2. The number of aryl methyl sites for hydroxylation is 2. The highest BCUT2D eigenvalue weighted by molar-refractivity contribution is 7.92. The summed E-state index contributed by atoms with van der Waals surface area (Å²) in [6.07, 6.45) is 6.15. The third-order valence-corrected chi connectivity index (χ3v) is 10.6. The fourth-order valence-electron chi connectivity index (χ4n) is 7.19. The van der Waals surface area contributed by atoms with Gasteiger partial charge >= 0.3 is 6.03 Å². The number of anilines is 2. The van der Waals surface area contributed by atoms with E-state index in [2.05, 4.69) is 38.7 Å². The molecule has 0 radical (unpaired) electrons. The average molecular weight is 639 g/mol. The van der Waals surface area contributed by atoms with Gasteiger partial charge in [0, 0.05) is 73.9 Å². The van der Waals surface area contributed by atoms with Crippen LogP contribution in [0.5, 0.6) is 0 Å². The number of carbonyl (C=O) groups excluding carboxylic acids is 1. The van der Waals surface area contributed by atoms with E-state index in [0.717, 1.165) is 66.4 Å². The number of amides is 2. The number of alkyl halides is 2. The lowest BCUT2D eigenvalue weighted by atomic mass is 9.80. The first-order chi connectivity index (χ1) is 21.6. The quantitative estimate of drug-likeness (QED) is 0.336. The third kappa shape index (κ3) is 6.35. The van der Waals surface area contributed by atoms with Gasteiger partial charge in [0.1, 0.15) is 0 Å². The van der Waals surface area contributed by atoms with Crippen LogP contribution in [0.15, 0.2) is 48.6 Å². The summed E-state index contributed by atoms with van der Waals surface area (Å²) in [5.74, 6) is 0.240. The standard InChI is InChI=1S/C33H40F2N6O3S/c1-4-45(43,44)38-26-9-7-21(8-10-26)24-14-22-11-13-40(33(42)36-2)20-29(22)31(16-24)41-12-5-6-23-15-27(25-18-37-39(3)19-25)28(32(34)35)17-30(23)41/h4,14-19,21,26,32,38H,1,5-13,20H2,2-3H3,(H,36,42). The second kappa shape index (κ2) is 12.6. The van der Waals surface area contributed by atoms with Gasteiger partial charge in [-0.2, -0.15) is 5.10 Å².